The molecule has 0 saturated heterocycles. The Morgan fingerprint density at radius 3 is 2.07 bits per heavy atom. The van der Waals surface area contributed by atoms with Gasteiger partial charge in [-0.1, -0.05) is 39.8 Å². The minimum Gasteiger partial charge on any atom is -0.493 e. The molecule has 2 aromatic rings. The molecule has 0 spiro atoms. The molecule has 0 aliphatic heterocycles. The zero-order valence-electron chi connectivity index (χ0n) is 19.0. The van der Waals surface area contributed by atoms with Gasteiger partial charge in [0.15, 0.2) is 17.6 Å². The highest BCUT2D eigenvalue weighted by Crippen LogP contribution is 2.39. The van der Waals surface area contributed by atoms with Gasteiger partial charge in [0.2, 0.25) is 5.75 Å². The quantitative estimate of drug-likeness (QED) is 0.654. The van der Waals surface area contributed by atoms with Crippen molar-refractivity contribution in [2.75, 3.05) is 21.3 Å². The molecular weight excluding hydrogens is 382 g/mol. The van der Waals surface area contributed by atoms with Crippen molar-refractivity contribution >= 4 is 5.91 Å². The topological polar surface area (TPSA) is 66.0 Å². The molecule has 0 aliphatic carbocycles. The third-order valence-electron chi connectivity index (χ3n) is 4.90. The summed E-state index contributed by atoms with van der Waals surface area (Å²) in [4.78, 5) is 12.7. The lowest BCUT2D eigenvalue weighted by atomic mass is 9.87. The lowest BCUT2D eigenvalue weighted by Crippen LogP contribution is -2.37. The van der Waals surface area contributed by atoms with Crippen molar-refractivity contribution in [1.29, 1.82) is 0 Å². The van der Waals surface area contributed by atoms with Gasteiger partial charge in [-0.15, -0.1) is 0 Å². The van der Waals surface area contributed by atoms with Crippen LogP contribution in [0.3, 0.4) is 0 Å². The van der Waals surface area contributed by atoms with Crippen LogP contribution >= 0.6 is 0 Å². The van der Waals surface area contributed by atoms with E-state index in [9.17, 15) is 4.79 Å². The number of hydrogen-bond acceptors (Lipinski definition) is 5. The second-order valence-corrected chi connectivity index (χ2v) is 8.00. The summed E-state index contributed by atoms with van der Waals surface area (Å²) in [6.07, 6.45) is -0.0349. The highest BCUT2D eigenvalue weighted by atomic mass is 16.5. The van der Waals surface area contributed by atoms with Gasteiger partial charge in [-0.05, 0) is 41.7 Å². The number of ether oxygens (including phenoxy) is 4. The second-order valence-electron chi connectivity index (χ2n) is 8.00. The fourth-order valence-electron chi connectivity index (χ4n) is 3.12. The van der Waals surface area contributed by atoms with Gasteiger partial charge in [-0.3, -0.25) is 4.79 Å². The number of carbonyl (C=O) groups is 1. The first-order valence-electron chi connectivity index (χ1n) is 10.1. The summed E-state index contributed by atoms with van der Waals surface area (Å²) in [5, 5.41) is 2.93. The Balaban J connectivity index is 2.07. The van der Waals surface area contributed by atoms with Crippen LogP contribution in [0.1, 0.15) is 45.2 Å². The van der Waals surface area contributed by atoms with E-state index >= 15 is 0 Å². The van der Waals surface area contributed by atoms with Gasteiger partial charge in [0.05, 0.1) is 21.3 Å². The van der Waals surface area contributed by atoms with E-state index in [1.54, 1.807) is 27.4 Å². The molecule has 1 N–H and O–H groups in total. The van der Waals surface area contributed by atoms with Gasteiger partial charge in [-0.2, -0.15) is 0 Å². The smallest absolute Gasteiger partial charge is 0.261 e. The highest BCUT2D eigenvalue weighted by molar-refractivity contribution is 5.81. The molecule has 1 atom stereocenters. The lowest BCUT2D eigenvalue weighted by molar-refractivity contribution is -0.128. The molecule has 2 rings (SSSR count). The molecule has 0 aromatic heterocycles. The van der Waals surface area contributed by atoms with Crippen LogP contribution in [-0.2, 0) is 16.8 Å². The molecule has 0 heterocycles. The second kappa shape index (κ2) is 10.2. The fraction of sp³-hybridized carbons (Fsp3) is 0.458. The SMILES string of the molecule is CC[C@H](Oc1ccc(C(C)(C)C)cc1)C(=O)NCc1ccc(OC)c(OC)c1OC. The number of amides is 1. The lowest BCUT2D eigenvalue weighted by Gasteiger charge is -2.21. The molecule has 0 saturated carbocycles. The number of hydrogen-bond donors (Lipinski definition) is 1. The van der Waals surface area contributed by atoms with Gasteiger partial charge in [0, 0.05) is 12.1 Å². The summed E-state index contributed by atoms with van der Waals surface area (Å²) >= 11 is 0. The maximum absolute atomic E-state index is 12.7. The largest absolute Gasteiger partial charge is 0.493 e. The van der Waals surface area contributed by atoms with Crippen molar-refractivity contribution in [3.8, 4) is 23.0 Å². The Morgan fingerprint density at radius 2 is 1.57 bits per heavy atom. The van der Waals surface area contributed by atoms with Crippen LogP contribution in [0, 0.1) is 0 Å². The van der Waals surface area contributed by atoms with E-state index in [1.165, 1.54) is 5.56 Å². The van der Waals surface area contributed by atoms with Crippen molar-refractivity contribution < 1.29 is 23.7 Å². The monoisotopic (exact) mass is 415 g/mol. The Morgan fingerprint density at radius 1 is 0.933 bits per heavy atom. The highest BCUT2D eigenvalue weighted by Gasteiger charge is 2.21. The number of methoxy groups -OCH3 is 3. The van der Waals surface area contributed by atoms with Crippen molar-refractivity contribution in [2.45, 2.75) is 52.2 Å². The van der Waals surface area contributed by atoms with E-state index < -0.39 is 6.10 Å². The van der Waals surface area contributed by atoms with E-state index in [2.05, 4.69) is 26.1 Å². The maximum Gasteiger partial charge on any atom is 0.261 e. The van der Waals surface area contributed by atoms with Crippen LogP contribution in [0.25, 0.3) is 0 Å². The van der Waals surface area contributed by atoms with E-state index in [0.717, 1.165) is 5.56 Å². The van der Waals surface area contributed by atoms with Gasteiger partial charge >= 0.3 is 0 Å². The molecule has 2 aromatic carbocycles. The van der Waals surface area contributed by atoms with Crippen molar-refractivity contribution in [1.82, 2.24) is 5.32 Å². The summed E-state index contributed by atoms with van der Waals surface area (Å²) < 4.78 is 22.1. The van der Waals surface area contributed by atoms with Gasteiger partial charge in [-0.25, -0.2) is 0 Å². The number of benzene rings is 2. The molecule has 0 unspecified atom stereocenters. The maximum atomic E-state index is 12.7. The summed E-state index contributed by atoms with van der Waals surface area (Å²) in [6.45, 7) is 8.69. The molecule has 6 nitrogen and oxygen atoms in total. The fourth-order valence-corrected chi connectivity index (χ4v) is 3.12. The zero-order valence-corrected chi connectivity index (χ0v) is 19.0. The summed E-state index contributed by atoms with van der Waals surface area (Å²) in [7, 11) is 4.67. The zero-order chi connectivity index (χ0) is 22.3. The van der Waals surface area contributed by atoms with Gasteiger partial charge in [0.25, 0.3) is 5.91 Å². The van der Waals surface area contributed by atoms with E-state index in [0.29, 0.717) is 29.4 Å². The first kappa shape index (κ1) is 23.4. The van der Waals surface area contributed by atoms with E-state index in [-0.39, 0.29) is 17.9 Å². The van der Waals surface area contributed by atoms with Crippen LogP contribution in [0.5, 0.6) is 23.0 Å². The number of nitrogens with one attached hydrogen (secondary N) is 1. The van der Waals surface area contributed by atoms with Crippen LogP contribution in [0.15, 0.2) is 36.4 Å². The van der Waals surface area contributed by atoms with Crippen LogP contribution < -0.4 is 24.3 Å². The van der Waals surface area contributed by atoms with E-state index in [4.69, 9.17) is 18.9 Å². The normalized spacial score (nSPS) is 12.1. The van der Waals surface area contributed by atoms with Crippen LogP contribution in [0.4, 0.5) is 0 Å². The summed E-state index contributed by atoms with van der Waals surface area (Å²) in [5.41, 5.74) is 2.07. The molecule has 1 amide bonds. The Labute approximate surface area is 179 Å². The average molecular weight is 416 g/mol. The minimum absolute atomic E-state index is 0.0680. The number of rotatable bonds is 9. The van der Waals surface area contributed by atoms with Crippen molar-refractivity contribution in [2.24, 2.45) is 0 Å². The van der Waals surface area contributed by atoms with Crippen LogP contribution in [-0.4, -0.2) is 33.3 Å². The molecule has 0 radical (unpaired) electrons. The predicted octanol–water partition coefficient (Wildman–Crippen LogP) is 4.48. The molecule has 30 heavy (non-hydrogen) atoms. The number of carbonyl (C=O) groups excluding carboxylic acids is 1. The Bertz CT molecular complexity index is 840. The van der Waals surface area contributed by atoms with Crippen LogP contribution in [0.2, 0.25) is 0 Å². The van der Waals surface area contributed by atoms with Crippen molar-refractivity contribution in [3.05, 3.63) is 47.5 Å². The third kappa shape index (κ3) is 5.59. The van der Waals surface area contributed by atoms with Gasteiger partial charge < -0.3 is 24.3 Å². The molecule has 0 fully saturated rings. The standard InChI is InChI=1S/C24H33NO5/c1-8-19(30-18-12-10-17(11-13-18)24(2,3)4)23(26)25-15-16-9-14-20(27-5)22(29-7)21(16)28-6/h9-14,19H,8,15H2,1-7H3,(H,25,26)/t19-/m0/s1. The van der Waals surface area contributed by atoms with Crippen molar-refractivity contribution in [3.63, 3.8) is 0 Å². The Kier molecular flexibility index (Phi) is 7.98. The molecule has 0 aliphatic rings. The Hall–Kier alpha value is -2.89. The first-order chi connectivity index (χ1) is 14.2. The molecule has 0 bridgehead atoms. The van der Waals surface area contributed by atoms with Gasteiger partial charge in [0.1, 0.15) is 5.75 Å². The molecule has 6 heteroatoms. The molecule has 164 valence electrons. The molecular formula is C24H33NO5. The first-order valence-corrected chi connectivity index (χ1v) is 10.1. The predicted molar refractivity (Wildman–Crippen MR) is 118 cm³/mol. The van der Waals surface area contributed by atoms with E-state index in [1.807, 2.05) is 37.3 Å². The average Bonchev–Trinajstić information content (AvgIpc) is 2.74. The third-order valence-corrected chi connectivity index (χ3v) is 4.90. The minimum atomic E-state index is -0.586. The summed E-state index contributed by atoms with van der Waals surface area (Å²) in [6, 6.07) is 11.5. The summed E-state index contributed by atoms with van der Waals surface area (Å²) in [5.74, 6) is 2.08.